The highest BCUT2D eigenvalue weighted by Crippen LogP contribution is 2.26. The van der Waals surface area contributed by atoms with Crippen LogP contribution in [-0.4, -0.2) is 27.0 Å². The van der Waals surface area contributed by atoms with E-state index in [0.717, 1.165) is 0 Å². The molecule has 0 atom stereocenters. The summed E-state index contributed by atoms with van der Waals surface area (Å²) in [5.41, 5.74) is 0. The molecule has 0 aromatic rings. The van der Waals surface area contributed by atoms with Crippen molar-refractivity contribution in [1.29, 1.82) is 0 Å². The lowest BCUT2D eigenvalue weighted by atomic mass is 10.3. The van der Waals surface area contributed by atoms with Gasteiger partial charge in [-0.25, -0.2) is 4.79 Å². The number of halogens is 2. The summed E-state index contributed by atoms with van der Waals surface area (Å²) < 4.78 is 10.4. The number of hydrogen-bond acceptors (Lipinski definition) is 5. The Kier molecular flexibility index (Phi) is 4.55. The molecule has 0 fully saturated rings. The summed E-state index contributed by atoms with van der Waals surface area (Å²) in [4.78, 5) is 11.4. The average Bonchev–Trinajstić information content (AvgIpc) is 2.39. The van der Waals surface area contributed by atoms with E-state index in [1.807, 2.05) is 0 Å². The van der Waals surface area contributed by atoms with Crippen molar-refractivity contribution in [3.8, 4) is 0 Å². The fourth-order valence-corrected chi connectivity index (χ4v) is 2.98. The fourth-order valence-electron chi connectivity index (χ4n) is 0.817. The van der Waals surface area contributed by atoms with Crippen molar-refractivity contribution in [1.82, 2.24) is 3.28 Å². The Morgan fingerprint density at radius 3 is 2.73 bits per heavy atom. The molecule has 15 heavy (non-hydrogen) atoms. The standard InChI is InChI=1S/C8H8ClINO4/c1-14-5-3-4-6(9)11(13)10-7(5)8(12)15-2/h3-4H,1-2H3/q-1. The molecule has 0 saturated carbocycles. The largest absolute Gasteiger partial charge is 0.749 e. The quantitative estimate of drug-likeness (QED) is 0.330. The average molecular weight is 345 g/mol. The van der Waals surface area contributed by atoms with Crippen LogP contribution in [0.15, 0.2) is 23.1 Å². The first-order valence-corrected chi connectivity index (χ1v) is 6.21. The van der Waals surface area contributed by atoms with Crippen molar-refractivity contribution in [2.45, 2.75) is 0 Å². The summed E-state index contributed by atoms with van der Waals surface area (Å²) in [5.74, 6) is -0.234. The maximum absolute atomic E-state index is 11.4. The minimum absolute atomic E-state index is 0.0382. The van der Waals surface area contributed by atoms with Crippen LogP contribution in [0.2, 0.25) is 0 Å². The Morgan fingerprint density at radius 2 is 2.20 bits per heavy atom. The molecule has 0 aromatic heterocycles. The second-order valence-corrected chi connectivity index (χ2v) is 5.18. The highest BCUT2D eigenvalue weighted by atomic mass is 127. The predicted octanol–water partition coefficient (Wildman–Crippen LogP) is 1.64. The zero-order chi connectivity index (χ0) is 11.4. The van der Waals surface area contributed by atoms with Crippen LogP contribution < -0.4 is 0 Å². The molecule has 0 amide bonds. The van der Waals surface area contributed by atoms with Crippen LogP contribution in [0.5, 0.6) is 0 Å². The van der Waals surface area contributed by atoms with Gasteiger partial charge in [-0.05, 0) is 12.2 Å². The first-order valence-electron chi connectivity index (χ1n) is 3.79. The Balaban J connectivity index is 3.12. The van der Waals surface area contributed by atoms with E-state index in [0.29, 0.717) is 9.04 Å². The molecule has 1 aliphatic heterocycles. The first kappa shape index (κ1) is 12.5. The summed E-state index contributed by atoms with van der Waals surface area (Å²) in [7, 11) is 2.67. The van der Waals surface area contributed by atoms with E-state index >= 15 is 0 Å². The summed E-state index contributed by atoms with van der Waals surface area (Å²) >= 11 is 4.39. The van der Waals surface area contributed by atoms with E-state index in [9.17, 15) is 10.0 Å². The van der Waals surface area contributed by atoms with Gasteiger partial charge in [0.15, 0.2) is 0 Å². The number of hydrogen-bond donors (Lipinski definition) is 0. The third-order valence-electron chi connectivity index (χ3n) is 1.50. The molecular formula is C8H8ClINO4-. The van der Waals surface area contributed by atoms with Gasteiger partial charge in [0.1, 0.15) is 14.4 Å². The van der Waals surface area contributed by atoms with E-state index in [4.69, 9.17) is 16.3 Å². The van der Waals surface area contributed by atoms with Gasteiger partial charge in [-0.1, -0.05) is 11.6 Å². The van der Waals surface area contributed by atoms with E-state index in [2.05, 4.69) is 4.74 Å². The van der Waals surface area contributed by atoms with Gasteiger partial charge in [-0.2, -0.15) is 0 Å². The predicted molar refractivity (Wildman–Crippen MR) is 65.3 cm³/mol. The highest BCUT2D eigenvalue weighted by molar-refractivity contribution is 14.2. The number of methoxy groups -OCH3 is 2. The van der Waals surface area contributed by atoms with E-state index < -0.39 is 27.0 Å². The molecule has 84 valence electrons. The van der Waals surface area contributed by atoms with Gasteiger partial charge >= 0.3 is 5.97 Å². The molecule has 0 unspecified atom stereocenters. The minimum atomic E-state index is -1.25. The third kappa shape index (κ3) is 2.93. The number of carbonyl (C=O) groups excluding carboxylic acids is 1. The van der Waals surface area contributed by atoms with Crippen molar-refractivity contribution in [2.24, 2.45) is 0 Å². The third-order valence-corrected chi connectivity index (χ3v) is 4.48. The van der Waals surface area contributed by atoms with Crippen LogP contribution in [0.25, 0.3) is 0 Å². The van der Waals surface area contributed by atoms with Gasteiger partial charge in [0.25, 0.3) is 0 Å². The topological polar surface area (TPSA) is 61.8 Å². The normalized spacial score (nSPS) is 16.5. The molecule has 5 nitrogen and oxygen atoms in total. The summed E-state index contributed by atoms with van der Waals surface area (Å²) in [5, 5.41) is 11.4. The maximum atomic E-state index is 11.4. The Morgan fingerprint density at radius 1 is 1.53 bits per heavy atom. The maximum Gasteiger partial charge on any atom is 0.348 e. The molecule has 1 heterocycles. The monoisotopic (exact) mass is 344 g/mol. The molecular weight excluding hydrogens is 336 g/mol. The van der Waals surface area contributed by atoms with Gasteiger partial charge in [-0.15, -0.1) is 0 Å². The second-order valence-electron chi connectivity index (χ2n) is 2.36. The Labute approximate surface area is 102 Å². The Hall–Kier alpha value is -0.600. The second kappa shape index (κ2) is 5.47. The minimum Gasteiger partial charge on any atom is -0.749 e. The molecule has 1 rings (SSSR count). The molecule has 0 aromatic carbocycles. The SMILES string of the molecule is COC(=O)C1=IN([O-])C(Cl)=CC=C1OC. The number of rotatable bonds is 2. The van der Waals surface area contributed by atoms with Gasteiger partial charge in [-0.3, -0.25) is 0 Å². The molecule has 0 saturated heterocycles. The number of hydroxylamine groups is 1. The van der Waals surface area contributed by atoms with Crippen LogP contribution in [0.1, 0.15) is 0 Å². The van der Waals surface area contributed by atoms with Crippen LogP contribution in [0.4, 0.5) is 0 Å². The van der Waals surface area contributed by atoms with Crippen LogP contribution in [0.3, 0.4) is 0 Å². The zero-order valence-corrected chi connectivity index (χ0v) is 10.9. The van der Waals surface area contributed by atoms with Crippen molar-refractivity contribution < 1.29 is 14.3 Å². The van der Waals surface area contributed by atoms with Gasteiger partial charge in [0, 0.05) is 21.0 Å². The zero-order valence-electron chi connectivity index (χ0n) is 7.99. The van der Waals surface area contributed by atoms with Gasteiger partial charge < -0.3 is 18.0 Å². The first-order chi connectivity index (χ1) is 7.10. The van der Waals surface area contributed by atoms with Crippen molar-refractivity contribution in [3.63, 3.8) is 0 Å². The molecule has 1 aliphatic rings. The van der Waals surface area contributed by atoms with Crippen LogP contribution in [-0.2, 0) is 14.3 Å². The number of allylic oxidation sites excluding steroid dienone is 2. The Bertz CT molecular complexity index is 364. The number of nitrogens with zero attached hydrogens (tertiary/aromatic N) is 1. The summed E-state index contributed by atoms with van der Waals surface area (Å²) in [6, 6.07) is 0. The van der Waals surface area contributed by atoms with Crippen LogP contribution in [0, 0.1) is 5.21 Å². The van der Waals surface area contributed by atoms with Crippen molar-refractivity contribution in [2.75, 3.05) is 14.2 Å². The van der Waals surface area contributed by atoms with Gasteiger partial charge in [0.2, 0.25) is 0 Å². The fraction of sp³-hybridized carbons (Fsp3) is 0.250. The number of esters is 1. The lowest BCUT2D eigenvalue weighted by molar-refractivity contribution is -0.132. The van der Waals surface area contributed by atoms with E-state index in [-0.39, 0.29) is 8.67 Å². The molecule has 0 spiro atoms. The summed E-state index contributed by atoms with van der Waals surface area (Å²) in [6.07, 6.45) is 2.87. The van der Waals surface area contributed by atoms with E-state index in [1.165, 1.54) is 26.4 Å². The molecule has 0 aliphatic carbocycles. The molecule has 0 bridgehead atoms. The lowest BCUT2D eigenvalue weighted by Crippen LogP contribution is -2.18. The summed E-state index contributed by atoms with van der Waals surface area (Å²) in [6.45, 7) is 0. The van der Waals surface area contributed by atoms with Crippen molar-refractivity contribution in [3.05, 3.63) is 28.3 Å². The smallest absolute Gasteiger partial charge is 0.348 e. The molecule has 0 radical (unpaired) electrons. The highest BCUT2D eigenvalue weighted by Gasteiger charge is 2.19. The number of ether oxygens (including phenoxy) is 2. The van der Waals surface area contributed by atoms with E-state index in [1.54, 1.807) is 0 Å². The number of carbonyl (C=O) groups is 1. The van der Waals surface area contributed by atoms with Crippen molar-refractivity contribution >= 4 is 42.1 Å². The van der Waals surface area contributed by atoms with Gasteiger partial charge in [0.05, 0.1) is 14.2 Å². The molecule has 0 N–H and O–H groups in total. The lowest BCUT2D eigenvalue weighted by Gasteiger charge is -2.23. The van der Waals surface area contributed by atoms with Crippen LogP contribution >= 0.6 is 32.6 Å². The molecule has 7 heteroatoms.